The fourth-order valence-electron chi connectivity index (χ4n) is 5.51. The first kappa shape index (κ1) is 40.1. The normalized spacial score (nSPS) is 15.9. The molecule has 0 N–H and O–H groups in total. The van der Waals surface area contributed by atoms with E-state index in [1.54, 1.807) is 0 Å². The SMILES string of the molecule is CCCCCCCCCCCCCCCC[Si](C)(O[Si](C)(C)O[SiH](C)O[Si](C)(C)C)O[Si](C)(C)O[Si](C)(C)C. The zero-order valence-corrected chi connectivity index (χ0v) is 34.9. The molecule has 39 heavy (non-hydrogen) atoms. The van der Waals surface area contributed by atoms with Crippen LogP contribution in [0.2, 0.25) is 84.6 Å². The van der Waals surface area contributed by atoms with E-state index >= 15 is 0 Å². The van der Waals surface area contributed by atoms with Crippen molar-refractivity contribution in [1.29, 1.82) is 0 Å². The van der Waals surface area contributed by atoms with Gasteiger partial charge in [0.15, 0.2) is 16.6 Å². The standard InChI is InChI=1S/C28H70O5Si6/c1-14-15-16-17-18-19-20-21-22-23-24-25-26-27-28-39(13,33-38(11,12)31-36(6,7)8)32-37(9,10)30-34(2)29-35(3,4)5/h34H,14-28H2,1-13H3. The summed E-state index contributed by atoms with van der Waals surface area (Å²) in [6.07, 6.45) is 19.2. The summed E-state index contributed by atoms with van der Waals surface area (Å²) in [7, 11) is -12.2. The molecule has 0 fully saturated rings. The van der Waals surface area contributed by atoms with E-state index < -0.39 is 51.6 Å². The van der Waals surface area contributed by atoms with E-state index in [9.17, 15) is 0 Å². The first-order chi connectivity index (χ1) is 17.8. The molecule has 0 saturated carbocycles. The van der Waals surface area contributed by atoms with Gasteiger partial charge in [0.1, 0.15) is 0 Å². The van der Waals surface area contributed by atoms with E-state index in [1.165, 1.54) is 89.9 Å². The van der Waals surface area contributed by atoms with Crippen LogP contribution in [0.5, 0.6) is 0 Å². The maximum Gasteiger partial charge on any atom is 0.317 e. The fourth-order valence-corrected chi connectivity index (χ4v) is 30.9. The van der Waals surface area contributed by atoms with Gasteiger partial charge >= 0.3 is 25.7 Å². The zero-order valence-electron chi connectivity index (χ0n) is 28.7. The molecule has 11 heteroatoms. The number of rotatable bonds is 25. The highest BCUT2D eigenvalue weighted by Crippen LogP contribution is 2.29. The molecule has 0 bridgehead atoms. The highest BCUT2D eigenvalue weighted by atomic mass is 28.5. The zero-order chi connectivity index (χ0) is 30.2. The van der Waals surface area contributed by atoms with Crippen LogP contribution in [-0.2, 0) is 20.6 Å². The lowest BCUT2D eigenvalue weighted by Crippen LogP contribution is -2.59. The number of hydrogen-bond donors (Lipinski definition) is 0. The number of hydrogen-bond acceptors (Lipinski definition) is 5. The average Bonchev–Trinajstić information content (AvgIpc) is 2.69. The second-order valence-electron chi connectivity index (χ2n) is 14.6. The van der Waals surface area contributed by atoms with Crippen LogP contribution in [0.15, 0.2) is 0 Å². The highest BCUT2D eigenvalue weighted by molar-refractivity contribution is 6.89. The van der Waals surface area contributed by atoms with E-state index in [4.69, 9.17) is 20.6 Å². The molecular formula is C28H70O5Si6. The Balaban J connectivity index is 4.72. The van der Waals surface area contributed by atoms with Crippen molar-refractivity contribution in [3.8, 4) is 0 Å². The summed E-state index contributed by atoms with van der Waals surface area (Å²) in [6.45, 7) is 28.9. The van der Waals surface area contributed by atoms with Crippen molar-refractivity contribution in [2.45, 2.75) is 181 Å². The first-order valence-electron chi connectivity index (χ1n) is 16.2. The quantitative estimate of drug-likeness (QED) is 0.0724. The van der Waals surface area contributed by atoms with Crippen LogP contribution in [0.1, 0.15) is 96.8 Å². The van der Waals surface area contributed by atoms with Gasteiger partial charge in [0.2, 0.25) is 0 Å². The minimum absolute atomic E-state index is 1.02. The van der Waals surface area contributed by atoms with E-state index in [1.807, 2.05) is 0 Å². The molecule has 0 aromatic heterocycles. The Morgan fingerprint density at radius 2 is 0.821 bits per heavy atom. The van der Waals surface area contributed by atoms with Gasteiger partial charge in [-0.2, -0.15) is 0 Å². The van der Waals surface area contributed by atoms with E-state index in [-0.39, 0.29) is 0 Å². The molecule has 0 radical (unpaired) electrons. The summed E-state index contributed by atoms with van der Waals surface area (Å²) in [5, 5.41) is 0. The molecule has 0 aromatic carbocycles. The van der Waals surface area contributed by atoms with Crippen LogP contribution in [0, 0.1) is 0 Å². The molecule has 236 valence electrons. The minimum atomic E-state index is -2.47. The molecule has 0 rings (SSSR count). The van der Waals surface area contributed by atoms with Crippen LogP contribution < -0.4 is 0 Å². The van der Waals surface area contributed by atoms with Crippen molar-refractivity contribution in [2.75, 3.05) is 0 Å². The lowest BCUT2D eigenvalue weighted by Gasteiger charge is -2.42. The molecular weight excluding hydrogens is 585 g/mol. The third kappa shape index (κ3) is 25.3. The van der Waals surface area contributed by atoms with Gasteiger partial charge in [0.25, 0.3) is 9.28 Å². The van der Waals surface area contributed by atoms with Crippen LogP contribution in [0.3, 0.4) is 0 Å². The minimum Gasteiger partial charge on any atom is -0.439 e. The molecule has 2 atom stereocenters. The maximum atomic E-state index is 6.95. The summed E-state index contributed by atoms with van der Waals surface area (Å²) in [5.41, 5.74) is 0. The second kappa shape index (κ2) is 19.4. The van der Waals surface area contributed by atoms with Crippen molar-refractivity contribution >= 4 is 51.6 Å². The fraction of sp³-hybridized carbons (Fsp3) is 1.00. The molecule has 0 aromatic rings. The van der Waals surface area contributed by atoms with Gasteiger partial charge in [-0.15, -0.1) is 0 Å². The monoisotopic (exact) mass is 654 g/mol. The molecule has 0 aliphatic rings. The Hall–Kier alpha value is 1.10. The van der Waals surface area contributed by atoms with Gasteiger partial charge in [-0.3, -0.25) is 0 Å². The van der Waals surface area contributed by atoms with Gasteiger partial charge in [-0.25, -0.2) is 0 Å². The highest BCUT2D eigenvalue weighted by Gasteiger charge is 2.46. The smallest absolute Gasteiger partial charge is 0.317 e. The molecule has 0 spiro atoms. The largest absolute Gasteiger partial charge is 0.439 e. The van der Waals surface area contributed by atoms with Crippen molar-refractivity contribution in [1.82, 2.24) is 0 Å². The van der Waals surface area contributed by atoms with Crippen molar-refractivity contribution in [3.05, 3.63) is 0 Å². The first-order valence-corrected chi connectivity index (χ1v) is 33.3. The summed E-state index contributed by atoms with van der Waals surface area (Å²) < 4.78 is 33.3. The third-order valence-electron chi connectivity index (χ3n) is 6.43. The molecule has 2 unspecified atom stereocenters. The van der Waals surface area contributed by atoms with E-state index in [2.05, 4.69) is 85.5 Å². The van der Waals surface area contributed by atoms with Crippen LogP contribution >= 0.6 is 0 Å². The average molecular weight is 655 g/mol. The molecule has 0 aliphatic heterocycles. The third-order valence-corrected chi connectivity index (χ3v) is 27.2. The molecule has 5 nitrogen and oxygen atoms in total. The Morgan fingerprint density at radius 1 is 0.436 bits per heavy atom. The van der Waals surface area contributed by atoms with Crippen LogP contribution in [0.25, 0.3) is 0 Å². The molecule has 0 aliphatic carbocycles. The van der Waals surface area contributed by atoms with E-state index in [0.717, 1.165) is 6.04 Å². The molecule has 0 heterocycles. The van der Waals surface area contributed by atoms with Crippen LogP contribution in [-0.4, -0.2) is 51.6 Å². The van der Waals surface area contributed by atoms with Gasteiger partial charge in [-0.1, -0.05) is 96.8 Å². The predicted molar refractivity (Wildman–Crippen MR) is 187 cm³/mol. The van der Waals surface area contributed by atoms with E-state index in [0.29, 0.717) is 0 Å². The second-order valence-corrected chi connectivity index (χ2v) is 36.9. The Labute approximate surface area is 252 Å². The Bertz CT molecular complexity index is 625. The summed E-state index contributed by atoms with van der Waals surface area (Å²) >= 11 is 0. The number of unbranched alkanes of at least 4 members (excludes halogenated alkanes) is 13. The topological polar surface area (TPSA) is 46.2 Å². The van der Waals surface area contributed by atoms with Gasteiger partial charge < -0.3 is 20.6 Å². The maximum absolute atomic E-state index is 6.95. The summed E-state index contributed by atoms with van der Waals surface area (Å²) in [4.78, 5) is 0. The predicted octanol–water partition coefficient (Wildman–Crippen LogP) is 10.5. The Kier molecular flexibility index (Phi) is 19.9. The van der Waals surface area contributed by atoms with Crippen molar-refractivity contribution in [2.24, 2.45) is 0 Å². The Morgan fingerprint density at radius 3 is 1.21 bits per heavy atom. The van der Waals surface area contributed by atoms with Crippen molar-refractivity contribution in [3.63, 3.8) is 0 Å². The van der Waals surface area contributed by atoms with Crippen molar-refractivity contribution < 1.29 is 20.6 Å². The van der Waals surface area contributed by atoms with Gasteiger partial charge in [0, 0.05) is 0 Å². The summed E-state index contributed by atoms with van der Waals surface area (Å²) in [5.74, 6) is 0. The van der Waals surface area contributed by atoms with Gasteiger partial charge in [0.05, 0.1) is 0 Å². The lowest BCUT2D eigenvalue weighted by atomic mass is 10.0. The lowest BCUT2D eigenvalue weighted by molar-refractivity contribution is 0.283. The summed E-state index contributed by atoms with van der Waals surface area (Å²) in [6, 6.07) is 1.02. The van der Waals surface area contributed by atoms with Crippen LogP contribution in [0.4, 0.5) is 0 Å². The van der Waals surface area contributed by atoms with Gasteiger partial charge in [-0.05, 0) is 84.6 Å². The molecule has 0 amide bonds. The molecule has 0 saturated heterocycles.